The van der Waals surface area contributed by atoms with Crippen LogP contribution in [0.2, 0.25) is 0 Å². The summed E-state index contributed by atoms with van der Waals surface area (Å²) in [6.07, 6.45) is 6.57. The summed E-state index contributed by atoms with van der Waals surface area (Å²) in [5, 5.41) is 15.3. The first-order valence-electron chi connectivity index (χ1n) is 6.67. The summed E-state index contributed by atoms with van der Waals surface area (Å²) in [5.74, 6) is 0.548. The van der Waals surface area contributed by atoms with Crippen LogP contribution in [0, 0.1) is 11.3 Å². The maximum atomic E-state index is 8.87. The Bertz CT molecular complexity index is 425. The number of ether oxygens (including phenoxy) is 1. The zero-order chi connectivity index (χ0) is 13.3. The van der Waals surface area contributed by atoms with Crippen molar-refractivity contribution in [2.45, 2.75) is 25.4 Å². The molecule has 2 N–H and O–H groups in total. The molecule has 0 unspecified atom stereocenters. The van der Waals surface area contributed by atoms with E-state index in [2.05, 4.69) is 20.6 Å². The number of nitrogens with zero attached hydrogens (tertiary/aromatic N) is 3. The van der Waals surface area contributed by atoms with Crippen LogP contribution in [0.5, 0.6) is 0 Å². The van der Waals surface area contributed by atoms with Crippen molar-refractivity contribution in [2.24, 2.45) is 0 Å². The molecule has 1 aliphatic rings. The molecular formula is C13H19N5O. The van der Waals surface area contributed by atoms with E-state index in [4.69, 9.17) is 10.00 Å². The van der Waals surface area contributed by atoms with Crippen LogP contribution in [-0.2, 0) is 4.74 Å². The van der Waals surface area contributed by atoms with Gasteiger partial charge in [0.15, 0.2) is 11.5 Å². The van der Waals surface area contributed by atoms with Crippen molar-refractivity contribution >= 4 is 5.82 Å². The number of rotatable bonds is 6. The van der Waals surface area contributed by atoms with Gasteiger partial charge in [0.2, 0.25) is 0 Å². The molecule has 1 saturated heterocycles. The van der Waals surface area contributed by atoms with Crippen LogP contribution in [0.25, 0.3) is 0 Å². The normalized spacial score (nSPS) is 15.9. The predicted molar refractivity (Wildman–Crippen MR) is 71.7 cm³/mol. The molecule has 1 aliphatic heterocycles. The second-order valence-electron chi connectivity index (χ2n) is 4.47. The Morgan fingerprint density at radius 1 is 1.37 bits per heavy atom. The number of piperidine rings is 1. The van der Waals surface area contributed by atoms with Crippen LogP contribution in [-0.4, -0.2) is 42.3 Å². The number of anilines is 1. The number of nitrogens with one attached hydrogen (secondary N) is 2. The summed E-state index contributed by atoms with van der Waals surface area (Å²) in [7, 11) is 0. The van der Waals surface area contributed by atoms with Crippen LogP contribution >= 0.6 is 0 Å². The molecule has 19 heavy (non-hydrogen) atoms. The highest BCUT2D eigenvalue weighted by Crippen LogP contribution is 2.08. The smallest absolute Gasteiger partial charge is 0.182 e. The maximum Gasteiger partial charge on any atom is 0.182 e. The molecule has 102 valence electrons. The average Bonchev–Trinajstić information content (AvgIpc) is 2.48. The van der Waals surface area contributed by atoms with Gasteiger partial charge in [-0.15, -0.1) is 0 Å². The van der Waals surface area contributed by atoms with E-state index in [-0.39, 0.29) is 0 Å². The minimum Gasteiger partial charge on any atom is -0.378 e. The van der Waals surface area contributed by atoms with Crippen LogP contribution < -0.4 is 10.6 Å². The largest absolute Gasteiger partial charge is 0.378 e. The molecule has 0 aliphatic carbocycles. The zero-order valence-corrected chi connectivity index (χ0v) is 10.9. The van der Waals surface area contributed by atoms with Crippen LogP contribution in [0.3, 0.4) is 0 Å². The summed E-state index contributed by atoms with van der Waals surface area (Å²) >= 11 is 0. The lowest BCUT2D eigenvalue weighted by Gasteiger charge is -2.22. The van der Waals surface area contributed by atoms with E-state index in [1.54, 1.807) is 6.20 Å². The van der Waals surface area contributed by atoms with E-state index < -0.39 is 0 Å². The molecule has 1 aromatic rings. The zero-order valence-electron chi connectivity index (χ0n) is 10.9. The topological polar surface area (TPSA) is 82.9 Å². The van der Waals surface area contributed by atoms with Gasteiger partial charge >= 0.3 is 0 Å². The van der Waals surface area contributed by atoms with Gasteiger partial charge in [0.1, 0.15) is 6.07 Å². The molecular weight excluding hydrogens is 242 g/mol. The first kappa shape index (κ1) is 13.7. The Kier molecular flexibility index (Phi) is 5.53. The van der Waals surface area contributed by atoms with Crippen LogP contribution in [0.4, 0.5) is 5.82 Å². The fraction of sp³-hybridized carbons (Fsp3) is 0.615. The third-order valence-electron chi connectivity index (χ3n) is 3.06. The Morgan fingerprint density at radius 3 is 2.95 bits per heavy atom. The van der Waals surface area contributed by atoms with Gasteiger partial charge < -0.3 is 15.4 Å². The van der Waals surface area contributed by atoms with Gasteiger partial charge in [0.25, 0.3) is 0 Å². The van der Waals surface area contributed by atoms with Gasteiger partial charge in [0.05, 0.1) is 6.10 Å². The fourth-order valence-electron chi connectivity index (χ4n) is 2.04. The molecule has 6 nitrogen and oxygen atoms in total. The van der Waals surface area contributed by atoms with Gasteiger partial charge in [-0.05, 0) is 32.4 Å². The van der Waals surface area contributed by atoms with Crippen molar-refractivity contribution in [3.63, 3.8) is 0 Å². The van der Waals surface area contributed by atoms with E-state index >= 15 is 0 Å². The molecule has 1 fully saturated rings. The van der Waals surface area contributed by atoms with Crippen molar-refractivity contribution in [1.82, 2.24) is 15.3 Å². The highest BCUT2D eigenvalue weighted by Gasteiger charge is 2.12. The van der Waals surface area contributed by atoms with E-state index in [1.165, 1.54) is 6.20 Å². The van der Waals surface area contributed by atoms with E-state index in [0.29, 0.717) is 17.6 Å². The number of hydrogen-bond donors (Lipinski definition) is 2. The summed E-state index contributed by atoms with van der Waals surface area (Å²) < 4.78 is 5.80. The summed E-state index contributed by atoms with van der Waals surface area (Å²) in [4.78, 5) is 8.04. The average molecular weight is 261 g/mol. The molecule has 0 spiro atoms. The van der Waals surface area contributed by atoms with Crippen molar-refractivity contribution in [3.05, 3.63) is 18.1 Å². The van der Waals surface area contributed by atoms with E-state index in [0.717, 1.165) is 45.5 Å². The van der Waals surface area contributed by atoms with Gasteiger partial charge in [-0.1, -0.05) is 0 Å². The molecule has 0 aromatic carbocycles. The standard InChI is InChI=1S/C13H19N5O/c14-10-12-13(18-8-7-16-12)17-4-1-9-19-11-2-5-15-6-3-11/h7-8,11,15H,1-6,9H2,(H,17,18). The minimum atomic E-state index is 0.335. The molecule has 0 saturated carbocycles. The SMILES string of the molecule is N#Cc1nccnc1NCCCOC1CCNCC1. The van der Waals surface area contributed by atoms with E-state index in [9.17, 15) is 0 Å². The first-order chi connectivity index (χ1) is 9.40. The Hall–Kier alpha value is -1.71. The summed E-state index contributed by atoms with van der Waals surface area (Å²) in [5.41, 5.74) is 0.335. The lowest BCUT2D eigenvalue weighted by atomic mass is 10.1. The molecule has 6 heteroatoms. The highest BCUT2D eigenvalue weighted by atomic mass is 16.5. The molecule has 1 aromatic heterocycles. The van der Waals surface area contributed by atoms with Gasteiger partial charge in [-0.3, -0.25) is 0 Å². The Labute approximate surface area is 113 Å². The van der Waals surface area contributed by atoms with Crippen LogP contribution in [0.1, 0.15) is 25.0 Å². The molecule has 2 heterocycles. The number of nitriles is 1. The molecule has 0 bridgehead atoms. The van der Waals surface area contributed by atoms with Gasteiger partial charge in [0, 0.05) is 25.5 Å². The second-order valence-corrected chi connectivity index (χ2v) is 4.47. The molecule has 0 amide bonds. The van der Waals surface area contributed by atoms with Crippen molar-refractivity contribution < 1.29 is 4.74 Å². The van der Waals surface area contributed by atoms with Crippen LogP contribution in [0.15, 0.2) is 12.4 Å². The fourth-order valence-corrected chi connectivity index (χ4v) is 2.04. The van der Waals surface area contributed by atoms with Gasteiger partial charge in [-0.2, -0.15) is 5.26 Å². The van der Waals surface area contributed by atoms with Crippen molar-refractivity contribution in [2.75, 3.05) is 31.6 Å². The lowest BCUT2D eigenvalue weighted by Crippen LogP contribution is -2.32. The third kappa shape index (κ3) is 4.47. The molecule has 2 rings (SSSR count). The predicted octanol–water partition coefficient (Wildman–Crippen LogP) is 0.919. The second kappa shape index (κ2) is 7.67. The summed E-state index contributed by atoms with van der Waals surface area (Å²) in [6, 6.07) is 2.01. The number of hydrogen-bond acceptors (Lipinski definition) is 6. The van der Waals surface area contributed by atoms with E-state index in [1.807, 2.05) is 6.07 Å². The van der Waals surface area contributed by atoms with Crippen molar-refractivity contribution in [3.8, 4) is 6.07 Å². The van der Waals surface area contributed by atoms with Crippen molar-refractivity contribution in [1.29, 1.82) is 5.26 Å². The Morgan fingerprint density at radius 2 is 2.16 bits per heavy atom. The maximum absolute atomic E-state index is 8.87. The summed E-state index contributed by atoms with van der Waals surface area (Å²) in [6.45, 7) is 3.57. The Balaban J connectivity index is 1.62. The van der Waals surface area contributed by atoms with Gasteiger partial charge in [-0.25, -0.2) is 9.97 Å². The molecule has 0 radical (unpaired) electrons. The lowest BCUT2D eigenvalue weighted by molar-refractivity contribution is 0.0329. The quantitative estimate of drug-likeness (QED) is 0.741. The molecule has 0 atom stereocenters. The highest BCUT2D eigenvalue weighted by molar-refractivity contribution is 5.46. The third-order valence-corrected chi connectivity index (χ3v) is 3.06. The minimum absolute atomic E-state index is 0.335. The number of aromatic nitrogens is 2. The monoisotopic (exact) mass is 261 g/mol. The first-order valence-corrected chi connectivity index (χ1v) is 6.67.